The Labute approximate surface area is 144 Å². The van der Waals surface area contributed by atoms with E-state index in [-0.39, 0.29) is 17.9 Å². The fraction of sp³-hybridized carbons (Fsp3) is 0.632. The molecule has 132 valence electrons. The maximum absolute atomic E-state index is 12.4. The highest BCUT2D eigenvalue weighted by Gasteiger charge is 2.33. The number of rotatable bonds is 7. The molecule has 5 heteroatoms. The Bertz CT molecular complexity index is 553. The van der Waals surface area contributed by atoms with Crippen LogP contribution in [0, 0.1) is 11.8 Å². The molecule has 1 saturated heterocycles. The van der Waals surface area contributed by atoms with Gasteiger partial charge in [0.2, 0.25) is 5.91 Å². The first-order valence-electron chi connectivity index (χ1n) is 8.92. The Morgan fingerprint density at radius 2 is 2.12 bits per heavy atom. The van der Waals surface area contributed by atoms with Crippen molar-refractivity contribution in [3.05, 3.63) is 29.8 Å². The normalized spacial score (nSPS) is 21.1. The van der Waals surface area contributed by atoms with E-state index in [9.17, 15) is 4.79 Å². The van der Waals surface area contributed by atoms with E-state index in [1.165, 1.54) is 18.4 Å². The van der Waals surface area contributed by atoms with Gasteiger partial charge in [0, 0.05) is 25.6 Å². The van der Waals surface area contributed by atoms with Gasteiger partial charge >= 0.3 is 0 Å². The summed E-state index contributed by atoms with van der Waals surface area (Å²) in [6.07, 6.45) is 2.38. The van der Waals surface area contributed by atoms with E-state index in [2.05, 4.69) is 22.3 Å². The number of hydrogen-bond acceptors (Lipinski definition) is 4. The lowest BCUT2D eigenvalue weighted by molar-refractivity contribution is -0.125. The van der Waals surface area contributed by atoms with Gasteiger partial charge in [-0.2, -0.15) is 0 Å². The van der Waals surface area contributed by atoms with Crippen molar-refractivity contribution < 1.29 is 14.3 Å². The van der Waals surface area contributed by atoms with Crippen molar-refractivity contribution in [2.24, 2.45) is 11.8 Å². The van der Waals surface area contributed by atoms with E-state index >= 15 is 0 Å². The first-order chi connectivity index (χ1) is 11.7. The van der Waals surface area contributed by atoms with Gasteiger partial charge in [-0.3, -0.25) is 9.69 Å². The molecule has 0 spiro atoms. The SMILES string of the molecule is COc1cccc(C(CNC(=O)C(C)C2CC2)N2CCOCC2)c1. The highest BCUT2D eigenvalue weighted by Crippen LogP contribution is 2.36. The fourth-order valence-corrected chi connectivity index (χ4v) is 3.36. The molecule has 1 N–H and O–H groups in total. The molecule has 24 heavy (non-hydrogen) atoms. The summed E-state index contributed by atoms with van der Waals surface area (Å²) < 4.78 is 10.8. The molecule has 1 aliphatic carbocycles. The van der Waals surface area contributed by atoms with Gasteiger partial charge in [0.1, 0.15) is 5.75 Å². The van der Waals surface area contributed by atoms with Crippen LogP contribution in [0.15, 0.2) is 24.3 Å². The molecule has 1 aromatic carbocycles. The molecule has 2 atom stereocenters. The smallest absolute Gasteiger partial charge is 0.223 e. The lowest BCUT2D eigenvalue weighted by atomic mass is 10.0. The van der Waals surface area contributed by atoms with Crippen molar-refractivity contribution in [2.45, 2.75) is 25.8 Å². The second-order valence-corrected chi connectivity index (χ2v) is 6.81. The highest BCUT2D eigenvalue weighted by molar-refractivity contribution is 5.78. The Morgan fingerprint density at radius 3 is 2.79 bits per heavy atom. The van der Waals surface area contributed by atoms with Crippen molar-refractivity contribution in [3.63, 3.8) is 0 Å². The second-order valence-electron chi connectivity index (χ2n) is 6.81. The van der Waals surface area contributed by atoms with Gasteiger partial charge in [-0.05, 0) is 36.5 Å². The van der Waals surface area contributed by atoms with Crippen LogP contribution in [0.4, 0.5) is 0 Å². The molecule has 1 aromatic rings. The average molecular weight is 332 g/mol. The number of hydrogen-bond donors (Lipinski definition) is 1. The molecular formula is C19H28N2O3. The second kappa shape index (κ2) is 7.99. The van der Waals surface area contributed by atoms with Gasteiger partial charge in [-0.25, -0.2) is 0 Å². The number of carbonyl (C=O) groups is 1. The Hall–Kier alpha value is -1.59. The average Bonchev–Trinajstić information content (AvgIpc) is 3.47. The molecule has 2 aliphatic rings. The van der Waals surface area contributed by atoms with Gasteiger partial charge in [-0.1, -0.05) is 19.1 Å². The van der Waals surface area contributed by atoms with Crippen molar-refractivity contribution in [1.29, 1.82) is 0 Å². The Kier molecular flexibility index (Phi) is 5.74. The summed E-state index contributed by atoms with van der Waals surface area (Å²) in [5.74, 6) is 1.74. The predicted octanol–water partition coefficient (Wildman–Crippen LogP) is 2.23. The number of morpholine rings is 1. The minimum atomic E-state index is 0.126. The van der Waals surface area contributed by atoms with Gasteiger partial charge in [0.15, 0.2) is 0 Å². The van der Waals surface area contributed by atoms with Crippen molar-refractivity contribution in [3.8, 4) is 5.75 Å². The Morgan fingerprint density at radius 1 is 1.38 bits per heavy atom. The molecule has 5 nitrogen and oxygen atoms in total. The largest absolute Gasteiger partial charge is 0.497 e. The van der Waals surface area contributed by atoms with E-state index in [1.54, 1.807) is 7.11 Å². The van der Waals surface area contributed by atoms with Crippen LogP contribution in [-0.2, 0) is 9.53 Å². The predicted molar refractivity (Wildman–Crippen MR) is 93.0 cm³/mol. The van der Waals surface area contributed by atoms with Crippen LogP contribution in [0.2, 0.25) is 0 Å². The summed E-state index contributed by atoms with van der Waals surface area (Å²) in [7, 11) is 1.68. The zero-order valence-corrected chi connectivity index (χ0v) is 14.7. The Balaban J connectivity index is 1.69. The molecule has 2 unspecified atom stereocenters. The molecule has 3 rings (SSSR count). The maximum atomic E-state index is 12.4. The molecule has 0 radical (unpaired) electrons. The maximum Gasteiger partial charge on any atom is 0.223 e. The molecule has 0 aromatic heterocycles. The summed E-state index contributed by atoms with van der Waals surface area (Å²) in [5, 5.41) is 3.17. The number of carbonyl (C=O) groups excluding carboxylic acids is 1. The third kappa shape index (κ3) is 4.28. The topological polar surface area (TPSA) is 50.8 Å². The van der Waals surface area contributed by atoms with Crippen LogP contribution >= 0.6 is 0 Å². The minimum Gasteiger partial charge on any atom is -0.497 e. The first-order valence-corrected chi connectivity index (χ1v) is 8.92. The minimum absolute atomic E-state index is 0.126. The van der Waals surface area contributed by atoms with Crippen LogP contribution < -0.4 is 10.1 Å². The van der Waals surface area contributed by atoms with E-state index in [4.69, 9.17) is 9.47 Å². The molecule has 1 amide bonds. The lowest BCUT2D eigenvalue weighted by Crippen LogP contribution is -2.44. The molecule has 1 heterocycles. The number of ether oxygens (including phenoxy) is 2. The van der Waals surface area contributed by atoms with Crippen LogP contribution in [0.5, 0.6) is 5.75 Å². The van der Waals surface area contributed by atoms with Gasteiger partial charge in [0.25, 0.3) is 0 Å². The van der Waals surface area contributed by atoms with Crippen LogP contribution in [-0.4, -0.2) is 50.8 Å². The van der Waals surface area contributed by atoms with E-state index in [1.807, 2.05) is 19.1 Å². The number of nitrogens with one attached hydrogen (secondary N) is 1. The summed E-state index contributed by atoms with van der Waals surface area (Å²) in [5.41, 5.74) is 1.18. The first kappa shape index (κ1) is 17.2. The third-order valence-corrected chi connectivity index (χ3v) is 5.18. The standard InChI is InChI=1S/C19H28N2O3/c1-14(15-6-7-15)19(22)20-13-18(21-8-10-24-11-9-21)16-4-3-5-17(12-16)23-2/h3-5,12,14-15,18H,6-11,13H2,1-2H3,(H,20,22). The summed E-state index contributed by atoms with van der Waals surface area (Å²) >= 11 is 0. The quantitative estimate of drug-likeness (QED) is 0.832. The zero-order chi connectivity index (χ0) is 16.9. The van der Waals surface area contributed by atoms with Crippen LogP contribution in [0.25, 0.3) is 0 Å². The molecular weight excluding hydrogens is 304 g/mol. The van der Waals surface area contributed by atoms with E-state index in [0.717, 1.165) is 32.1 Å². The third-order valence-electron chi connectivity index (χ3n) is 5.18. The molecule has 1 aliphatic heterocycles. The summed E-state index contributed by atoms with van der Waals surface area (Å²) in [6.45, 7) is 5.93. The zero-order valence-electron chi connectivity index (χ0n) is 14.7. The fourth-order valence-electron chi connectivity index (χ4n) is 3.36. The van der Waals surface area contributed by atoms with Crippen molar-refractivity contribution >= 4 is 5.91 Å². The van der Waals surface area contributed by atoms with Crippen LogP contribution in [0.1, 0.15) is 31.4 Å². The van der Waals surface area contributed by atoms with Gasteiger partial charge in [0.05, 0.1) is 26.4 Å². The van der Waals surface area contributed by atoms with Gasteiger partial charge < -0.3 is 14.8 Å². The number of amides is 1. The lowest BCUT2D eigenvalue weighted by Gasteiger charge is -2.35. The summed E-state index contributed by atoms with van der Waals surface area (Å²) in [4.78, 5) is 14.8. The molecule has 2 fully saturated rings. The van der Waals surface area contributed by atoms with E-state index in [0.29, 0.717) is 12.5 Å². The number of nitrogens with zero attached hydrogens (tertiary/aromatic N) is 1. The highest BCUT2D eigenvalue weighted by atomic mass is 16.5. The van der Waals surface area contributed by atoms with Crippen molar-refractivity contribution in [1.82, 2.24) is 10.2 Å². The van der Waals surface area contributed by atoms with Crippen molar-refractivity contribution in [2.75, 3.05) is 40.0 Å². The molecule has 1 saturated carbocycles. The number of methoxy groups -OCH3 is 1. The van der Waals surface area contributed by atoms with E-state index < -0.39 is 0 Å². The van der Waals surface area contributed by atoms with Gasteiger partial charge in [-0.15, -0.1) is 0 Å². The van der Waals surface area contributed by atoms with Crippen LogP contribution in [0.3, 0.4) is 0 Å². The molecule has 0 bridgehead atoms. The summed E-state index contributed by atoms with van der Waals surface area (Å²) in [6, 6.07) is 8.29. The number of benzene rings is 1. The monoisotopic (exact) mass is 332 g/mol.